The maximum absolute atomic E-state index is 12.5. The van der Waals surface area contributed by atoms with E-state index in [1.165, 1.54) is 25.2 Å². The first-order valence-corrected chi connectivity index (χ1v) is 8.69. The lowest BCUT2D eigenvalue weighted by Gasteiger charge is -2.17. The smallest absolute Gasteiger partial charge is 0.331 e. The summed E-state index contributed by atoms with van der Waals surface area (Å²) in [6.07, 6.45) is 2.81. The zero-order chi connectivity index (χ0) is 21.0. The Hall–Kier alpha value is -3.87. The van der Waals surface area contributed by atoms with Gasteiger partial charge in [-0.25, -0.2) is 9.59 Å². The number of benzene rings is 2. The summed E-state index contributed by atoms with van der Waals surface area (Å²) < 4.78 is 15.2. The maximum atomic E-state index is 12.5. The van der Waals surface area contributed by atoms with Gasteiger partial charge in [-0.05, 0) is 29.8 Å². The van der Waals surface area contributed by atoms with Crippen molar-refractivity contribution in [1.82, 2.24) is 4.90 Å². The van der Waals surface area contributed by atoms with E-state index in [1.54, 1.807) is 48.5 Å². The molecule has 148 valence electrons. The van der Waals surface area contributed by atoms with Crippen molar-refractivity contribution < 1.29 is 28.6 Å². The largest absolute Gasteiger partial charge is 0.493 e. The second kappa shape index (κ2) is 8.43. The lowest BCUT2D eigenvalue weighted by atomic mass is 10.1. The zero-order valence-corrected chi connectivity index (χ0v) is 16.0. The van der Waals surface area contributed by atoms with E-state index in [4.69, 9.17) is 9.47 Å². The number of amides is 1. The molecule has 29 heavy (non-hydrogen) atoms. The summed E-state index contributed by atoms with van der Waals surface area (Å²) in [5, 5.41) is 0. The number of carbonyl (C=O) groups is 3. The van der Waals surface area contributed by atoms with Crippen LogP contribution in [-0.4, -0.2) is 43.5 Å². The lowest BCUT2D eigenvalue weighted by Crippen LogP contribution is -2.31. The number of carbonyl (C=O) groups excluding carboxylic acids is 3. The molecule has 0 unspecified atom stereocenters. The molecular weight excluding hydrogens is 374 g/mol. The van der Waals surface area contributed by atoms with Crippen molar-refractivity contribution in [2.45, 2.75) is 0 Å². The molecule has 7 heteroatoms. The molecule has 0 saturated heterocycles. The van der Waals surface area contributed by atoms with Crippen LogP contribution in [0.15, 0.2) is 55.1 Å². The number of esters is 2. The molecule has 3 rings (SSSR count). The van der Waals surface area contributed by atoms with Crippen molar-refractivity contribution >= 4 is 29.6 Å². The number of methoxy groups -OCH3 is 2. The van der Waals surface area contributed by atoms with Gasteiger partial charge in [0, 0.05) is 22.9 Å². The van der Waals surface area contributed by atoms with Crippen molar-refractivity contribution in [3.05, 3.63) is 71.8 Å². The Morgan fingerprint density at radius 2 is 1.79 bits per heavy atom. The molecule has 1 heterocycles. The van der Waals surface area contributed by atoms with Crippen molar-refractivity contribution in [3.63, 3.8) is 0 Å². The summed E-state index contributed by atoms with van der Waals surface area (Å²) in [5.41, 5.74) is 2.32. The molecule has 0 fully saturated rings. The van der Waals surface area contributed by atoms with Crippen LogP contribution in [0.2, 0.25) is 0 Å². The van der Waals surface area contributed by atoms with E-state index in [0.29, 0.717) is 28.1 Å². The van der Waals surface area contributed by atoms with Crippen LogP contribution in [0.25, 0.3) is 11.8 Å². The van der Waals surface area contributed by atoms with Gasteiger partial charge in [0.25, 0.3) is 5.91 Å². The van der Waals surface area contributed by atoms with Gasteiger partial charge in [-0.15, -0.1) is 0 Å². The van der Waals surface area contributed by atoms with Crippen LogP contribution in [0.1, 0.15) is 21.5 Å². The number of hydrogen-bond donors (Lipinski definition) is 0. The summed E-state index contributed by atoms with van der Waals surface area (Å²) >= 11 is 0. The maximum Gasteiger partial charge on any atom is 0.331 e. The highest BCUT2D eigenvalue weighted by Crippen LogP contribution is 2.32. The molecule has 0 aliphatic carbocycles. The molecule has 0 bridgehead atoms. The van der Waals surface area contributed by atoms with E-state index in [-0.39, 0.29) is 18.2 Å². The first-order chi connectivity index (χ1) is 13.9. The van der Waals surface area contributed by atoms with Crippen molar-refractivity contribution in [2.75, 3.05) is 20.8 Å². The fraction of sp³-hybridized carbons (Fsp3) is 0.136. The summed E-state index contributed by atoms with van der Waals surface area (Å²) in [4.78, 5) is 37.4. The number of hydrogen-bond acceptors (Lipinski definition) is 6. The Kier molecular flexibility index (Phi) is 5.78. The number of fused-ring (bicyclic) bond motifs is 1. The van der Waals surface area contributed by atoms with Crippen molar-refractivity contribution in [2.24, 2.45) is 0 Å². The highest BCUT2D eigenvalue weighted by Gasteiger charge is 2.32. The minimum Gasteiger partial charge on any atom is -0.493 e. The number of rotatable bonds is 6. The Balaban J connectivity index is 1.71. The summed E-state index contributed by atoms with van der Waals surface area (Å²) in [6, 6.07) is 11.8. The first kappa shape index (κ1) is 19.9. The molecule has 0 aromatic heterocycles. The van der Waals surface area contributed by atoms with Crippen LogP contribution in [0.4, 0.5) is 0 Å². The molecule has 0 saturated carbocycles. The first-order valence-electron chi connectivity index (χ1n) is 8.69. The van der Waals surface area contributed by atoms with Gasteiger partial charge >= 0.3 is 11.9 Å². The van der Waals surface area contributed by atoms with Gasteiger partial charge in [0.2, 0.25) is 0 Å². The molecular formula is C22H19NO6. The van der Waals surface area contributed by atoms with Gasteiger partial charge in [-0.3, -0.25) is 9.69 Å². The van der Waals surface area contributed by atoms with Gasteiger partial charge in [-0.2, -0.15) is 0 Å². The van der Waals surface area contributed by atoms with Crippen LogP contribution in [0.3, 0.4) is 0 Å². The minimum absolute atomic E-state index is 0.197. The predicted octanol–water partition coefficient (Wildman–Crippen LogP) is 2.91. The van der Waals surface area contributed by atoms with E-state index in [1.807, 2.05) is 0 Å². The average molecular weight is 393 g/mol. The summed E-state index contributed by atoms with van der Waals surface area (Å²) in [7, 11) is 2.72. The van der Waals surface area contributed by atoms with Gasteiger partial charge in [0.05, 0.1) is 14.2 Å². The highest BCUT2D eigenvalue weighted by atomic mass is 16.6. The van der Waals surface area contributed by atoms with Crippen molar-refractivity contribution in [3.8, 4) is 11.5 Å². The van der Waals surface area contributed by atoms with Crippen LogP contribution in [-0.2, 0) is 14.3 Å². The minimum atomic E-state index is -0.636. The van der Waals surface area contributed by atoms with Crippen LogP contribution in [0.5, 0.6) is 11.5 Å². The summed E-state index contributed by atoms with van der Waals surface area (Å²) in [5.74, 6) is -0.917. The zero-order valence-electron chi connectivity index (χ0n) is 16.0. The SMILES string of the molecule is C=C1c2ccccc2C(=O)N1CC(=O)Oc1ccc(/C=C/C(=O)OC)cc1OC. The molecule has 2 aromatic carbocycles. The molecule has 0 spiro atoms. The van der Waals surface area contributed by atoms with Crippen LogP contribution < -0.4 is 9.47 Å². The molecule has 2 aromatic rings. The second-order valence-electron chi connectivity index (χ2n) is 6.12. The summed E-state index contributed by atoms with van der Waals surface area (Å²) in [6.45, 7) is 3.62. The topological polar surface area (TPSA) is 82.1 Å². The molecule has 1 amide bonds. The van der Waals surface area contributed by atoms with E-state index in [2.05, 4.69) is 11.3 Å². The highest BCUT2D eigenvalue weighted by molar-refractivity contribution is 6.10. The molecule has 0 atom stereocenters. The third-order valence-electron chi connectivity index (χ3n) is 4.35. The lowest BCUT2D eigenvalue weighted by molar-refractivity contribution is -0.135. The molecule has 1 aliphatic heterocycles. The number of ether oxygens (including phenoxy) is 3. The third kappa shape index (κ3) is 4.19. The molecule has 1 aliphatic rings. The number of nitrogens with zero attached hydrogens (tertiary/aromatic N) is 1. The van der Waals surface area contributed by atoms with Gasteiger partial charge in [0.15, 0.2) is 11.5 Å². The Morgan fingerprint density at radius 3 is 2.45 bits per heavy atom. The van der Waals surface area contributed by atoms with Crippen LogP contribution in [0, 0.1) is 0 Å². The van der Waals surface area contributed by atoms with Crippen LogP contribution >= 0.6 is 0 Å². The average Bonchev–Trinajstić information content (AvgIpc) is 2.97. The second-order valence-corrected chi connectivity index (χ2v) is 6.12. The fourth-order valence-corrected chi connectivity index (χ4v) is 2.89. The Labute approximate surface area is 167 Å². The molecule has 7 nitrogen and oxygen atoms in total. The van der Waals surface area contributed by atoms with Crippen molar-refractivity contribution in [1.29, 1.82) is 0 Å². The Bertz CT molecular complexity index is 989. The monoisotopic (exact) mass is 393 g/mol. The Morgan fingerprint density at radius 1 is 1.07 bits per heavy atom. The standard InChI is InChI=1S/C22H19NO6/c1-14-16-6-4-5-7-17(16)22(26)23(14)13-21(25)29-18-10-8-15(12-19(18)27-2)9-11-20(24)28-3/h4-12H,1,13H2,2-3H3/b11-9+. The van der Waals surface area contributed by atoms with Gasteiger partial charge in [0.1, 0.15) is 6.54 Å². The van der Waals surface area contributed by atoms with Gasteiger partial charge in [-0.1, -0.05) is 30.8 Å². The van der Waals surface area contributed by atoms with E-state index in [0.717, 1.165) is 0 Å². The van der Waals surface area contributed by atoms with E-state index in [9.17, 15) is 14.4 Å². The fourth-order valence-electron chi connectivity index (χ4n) is 2.89. The van der Waals surface area contributed by atoms with E-state index < -0.39 is 11.9 Å². The normalized spacial score (nSPS) is 12.8. The third-order valence-corrected chi connectivity index (χ3v) is 4.35. The quantitative estimate of drug-likeness (QED) is 0.426. The molecule has 0 radical (unpaired) electrons. The predicted molar refractivity (Wildman–Crippen MR) is 106 cm³/mol. The molecule has 0 N–H and O–H groups in total. The van der Waals surface area contributed by atoms with Gasteiger partial charge < -0.3 is 14.2 Å². The van der Waals surface area contributed by atoms with E-state index >= 15 is 0 Å².